The third-order valence-electron chi connectivity index (χ3n) is 5.56. The van der Waals surface area contributed by atoms with Crippen molar-refractivity contribution in [3.63, 3.8) is 0 Å². The molecule has 0 saturated carbocycles. The second-order valence-electron chi connectivity index (χ2n) is 8.71. The summed E-state index contributed by atoms with van der Waals surface area (Å²) in [6.07, 6.45) is -3.15. The fraction of sp³-hybridized carbons (Fsp3) is 0.333. The van der Waals surface area contributed by atoms with Gasteiger partial charge in [-0.3, -0.25) is 19.8 Å². The van der Waals surface area contributed by atoms with Gasteiger partial charge in [-0.1, -0.05) is 16.5 Å². The first kappa shape index (κ1) is 29.5. The molecular weight excluding hydrogens is 557 g/mol. The molecule has 0 bridgehead atoms. The second-order valence-corrected chi connectivity index (χ2v) is 8.71. The first-order valence-electron chi connectivity index (χ1n) is 12.1. The molecule has 2 atom stereocenters. The predicted octanol–water partition coefficient (Wildman–Crippen LogP) is 2.44. The molecule has 1 aromatic carbocycles. The number of halogens is 5. The number of nitrogens with one attached hydrogen (secondary N) is 2. The molecule has 41 heavy (non-hydrogen) atoms. The fourth-order valence-electron chi connectivity index (χ4n) is 3.56. The minimum atomic E-state index is -4.95. The molecule has 1 amide bonds. The number of ether oxygens (including phenoxy) is 1. The van der Waals surface area contributed by atoms with Crippen LogP contribution in [0.1, 0.15) is 40.1 Å². The van der Waals surface area contributed by atoms with Crippen LogP contribution < -0.4 is 15.4 Å². The Morgan fingerprint density at radius 2 is 1.88 bits per heavy atom. The number of hydrogen-bond acceptors (Lipinski definition) is 9. The summed E-state index contributed by atoms with van der Waals surface area (Å²) in [7, 11) is 0. The number of aliphatic hydroxyl groups is 1. The van der Waals surface area contributed by atoms with Crippen molar-refractivity contribution in [2.75, 3.05) is 0 Å². The van der Waals surface area contributed by atoms with Crippen molar-refractivity contribution in [1.29, 1.82) is 0 Å². The zero-order valence-corrected chi connectivity index (χ0v) is 21.2. The third-order valence-corrected chi connectivity index (χ3v) is 5.56. The average Bonchev–Trinajstić information content (AvgIpc) is 3.60. The van der Waals surface area contributed by atoms with Crippen molar-refractivity contribution in [3.8, 4) is 5.75 Å². The Bertz CT molecular complexity index is 1430. The number of nitrogens with zero attached hydrogens (tertiary/aromatic N) is 7. The van der Waals surface area contributed by atoms with Gasteiger partial charge in [0.15, 0.2) is 11.9 Å². The number of rotatable bonds is 13. The lowest BCUT2D eigenvalue weighted by Crippen LogP contribution is -2.24. The molecule has 0 saturated heterocycles. The monoisotopic (exact) mass is 581 g/mol. The highest BCUT2D eigenvalue weighted by atomic mass is 19.4. The lowest BCUT2D eigenvalue weighted by atomic mass is 10.2. The zero-order valence-electron chi connectivity index (χ0n) is 21.2. The molecule has 0 radical (unpaired) electrons. The van der Waals surface area contributed by atoms with E-state index in [2.05, 4.69) is 41.0 Å². The van der Waals surface area contributed by atoms with Crippen LogP contribution in [0.2, 0.25) is 0 Å². The number of pyridine rings is 1. The Balaban J connectivity index is 1.22. The summed E-state index contributed by atoms with van der Waals surface area (Å²) < 4.78 is 71.9. The van der Waals surface area contributed by atoms with E-state index in [9.17, 15) is 31.9 Å². The largest absolute Gasteiger partial charge is 0.573 e. The molecule has 4 rings (SSSR count). The van der Waals surface area contributed by atoms with Crippen LogP contribution in [0.4, 0.5) is 22.0 Å². The normalized spacial score (nSPS) is 13.1. The van der Waals surface area contributed by atoms with E-state index in [0.29, 0.717) is 6.54 Å². The highest BCUT2D eigenvalue weighted by Gasteiger charge is 2.31. The van der Waals surface area contributed by atoms with Crippen LogP contribution >= 0.6 is 0 Å². The van der Waals surface area contributed by atoms with Crippen molar-refractivity contribution in [2.24, 2.45) is 0 Å². The summed E-state index contributed by atoms with van der Waals surface area (Å²) in [4.78, 5) is 16.5. The fourth-order valence-corrected chi connectivity index (χ4v) is 3.56. The standard InChI is InChI=1S/C24H24F5N9O3/c25-16(6-8-37-13-20(33-35-37)23(40)32-11-17-3-1-2-7-30-17)12-38-14-21(34-36-38)22(39)31-10-15-9-18(4-5-19(15)26)41-24(27,28)29/h1-5,7,9,13-14,16,23,32,40H,6,8,10-12H2,(H,31,39). The van der Waals surface area contributed by atoms with Crippen LogP contribution in [-0.2, 0) is 26.2 Å². The van der Waals surface area contributed by atoms with E-state index in [4.69, 9.17) is 0 Å². The van der Waals surface area contributed by atoms with Gasteiger partial charge in [-0.2, -0.15) is 0 Å². The minimum absolute atomic E-state index is 0.0112. The minimum Gasteiger partial charge on any atom is -0.406 e. The molecule has 3 heterocycles. The molecule has 2 unspecified atom stereocenters. The molecule has 218 valence electrons. The predicted molar refractivity (Wildman–Crippen MR) is 130 cm³/mol. The zero-order chi connectivity index (χ0) is 29.4. The molecule has 0 spiro atoms. The van der Waals surface area contributed by atoms with Gasteiger partial charge in [-0.25, -0.2) is 13.5 Å². The van der Waals surface area contributed by atoms with Crippen LogP contribution in [0.15, 0.2) is 55.0 Å². The van der Waals surface area contributed by atoms with Gasteiger partial charge in [0.1, 0.15) is 23.4 Å². The van der Waals surface area contributed by atoms with Crippen LogP contribution in [0.3, 0.4) is 0 Å². The van der Waals surface area contributed by atoms with Gasteiger partial charge in [0.05, 0.1) is 24.6 Å². The van der Waals surface area contributed by atoms with Gasteiger partial charge in [0, 0.05) is 37.8 Å². The number of aryl methyl sites for hydroxylation is 1. The molecule has 4 aromatic rings. The SMILES string of the molecule is O=C(NCc1cc(OC(F)(F)F)ccc1F)c1cn(CC(F)CCn2cc(C(O)NCc3ccccn3)nn2)nn1. The van der Waals surface area contributed by atoms with Gasteiger partial charge in [-0.15, -0.1) is 23.4 Å². The van der Waals surface area contributed by atoms with Gasteiger partial charge in [-0.05, 0) is 30.3 Å². The van der Waals surface area contributed by atoms with E-state index in [1.54, 1.807) is 18.3 Å². The summed E-state index contributed by atoms with van der Waals surface area (Å²) in [5.41, 5.74) is 0.534. The van der Waals surface area contributed by atoms with E-state index in [1.807, 2.05) is 6.07 Å². The average molecular weight is 582 g/mol. The first-order chi connectivity index (χ1) is 19.6. The number of alkyl halides is 4. The van der Waals surface area contributed by atoms with Crippen molar-refractivity contribution in [2.45, 2.75) is 51.4 Å². The Labute approximate surface area is 229 Å². The smallest absolute Gasteiger partial charge is 0.406 e. The third kappa shape index (κ3) is 9.00. The quantitative estimate of drug-likeness (QED) is 0.160. The molecule has 0 aliphatic carbocycles. The maximum Gasteiger partial charge on any atom is 0.573 e. The van der Waals surface area contributed by atoms with Gasteiger partial charge < -0.3 is 15.2 Å². The lowest BCUT2D eigenvalue weighted by molar-refractivity contribution is -0.274. The van der Waals surface area contributed by atoms with Gasteiger partial charge >= 0.3 is 6.36 Å². The number of benzene rings is 1. The number of carbonyl (C=O) groups is 1. The summed E-state index contributed by atoms with van der Waals surface area (Å²) in [6, 6.07) is 7.79. The van der Waals surface area contributed by atoms with Crippen molar-refractivity contribution in [1.82, 2.24) is 45.6 Å². The molecule has 3 aromatic heterocycles. The van der Waals surface area contributed by atoms with Gasteiger partial charge in [0.25, 0.3) is 5.91 Å². The highest BCUT2D eigenvalue weighted by molar-refractivity contribution is 5.91. The van der Waals surface area contributed by atoms with Crippen LogP contribution in [0, 0.1) is 5.82 Å². The lowest BCUT2D eigenvalue weighted by Gasteiger charge is -2.11. The van der Waals surface area contributed by atoms with E-state index in [0.717, 1.165) is 28.6 Å². The van der Waals surface area contributed by atoms with Crippen LogP contribution in [-0.4, -0.2) is 58.5 Å². The topological polar surface area (TPSA) is 145 Å². The molecule has 17 heteroatoms. The van der Waals surface area contributed by atoms with Gasteiger partial charge in [0.2, 0.25) is 0 Å². The number of aromatic nitrogens is 7. The molecular formula is C24H24F5N9O3. The van der Waals surface area contributed by atoms with E-state index in [-0.39, 0.29) is 36.5 Å². The van der Waals surface area contributed by atoms with Crippen molar-refractivity contribution < 1.29 is 36.6 Å². The summed E-state index contributed by atoms with van der Waals surface area (Å²) in [6.45, 7) is -0.237. The summed E-state index contributed by atoms with van der Waals surface area (Å²) >= 11 is 0. The van der Waals surface area contributed by atoms with E-state index >= 15 is 0 Å². The Morgan fingerprint density at radius 1 is 1.07 bits per heavy atom. The maximum absolute atomic E-state index is 14.6. The highest BCUT2D eigenvalue weighted by Crippen LogP contribution is 2.24. The van der Waals surface area contributed by atoms with E-state index < -0.39 is 42.8 Å². The number of hydrogen-bond donors (Lipinski definition) is 3. The number of carbonyl (C=O) groups excluding carboxylic acids is 1. The maximum atomic E-state index is 14.6. The molecule has 0 fully saturated rings. The molecule has 0 aliphatic rings. The van der Waals surface area contributed by atoms with Crippen molar-refractivity contribution in [3.05, 3.63) is 83.5 Å². The summed E-state index contributed by atoms with van der Waals surface area (Å²) in [5, 5.41) is 30.5. The Hall–Kier alpha value is -4.51. The van der Waals surface area contributed by atoms with Crippen LogP contribution in [0.25, 0.3) is 0 Å². The Morgan fingerprint density at radius 3 is 2.63 bits per heavy atom. The number of aliphatic hydroxyl groups excluding tert-OH is 1. The van der Waals surface area contributed by atoms with Crippen LogP contribution in [0.5, 0.6) is 5.75 Å². The molecule has 0 aliphatic heterocycles. The summed E-state index contributed by atoms with van der Waals surface area (Å²) in [5.74, 6) is -2.28. The number of amides is 1. The first-order valence-corrected chi connectivity index (χ1v) is 12.1. The molecule has 12 nitrogen and oxygen atoms in total. The second kappa shape index (κ2) is 13.2. The van der Waals surface area contributed by atoms with Crippen molar-refractivity contribution >= 4 is 5.91 Å². The molecule has 3 N–H and O–H groups in total. The van der Waals surface area contributed by atoms with E-state index in [1.165, 1.54) is 17.1 Å². The Kier molecular flexibility index (Phi) is 9.51.